The zero-order valence-corrected chi connectivity index (χ0v) is 13.6. The summed E-state index contributed by atoms with van der Waals surface area (Å²) >= 11 is 6.02. The van der Waals surface area contributed by atoms with Gasteiger partial charge in [-0.15, -0.1) is 0 Å². The first-order valence-electron chi connectivity index (χ1n) is 6.23. The summed E-state index contributed by atoms with van der Waals surface area (Å²) < 4.78 is 8.27. The molecular weight excluding hydrogens is 391 g/mol. The molecule has 0 aromatic heterocycles. The average molecular weight is 409 g/mol. The number of hydrogen-bond acceptors (Lipinski definition) is 1. The van der Waals surface area contributed by atoms with E-state index < -0.39 is 0 Å². The molecule has 1 aromatic carbocycles. The van der Waals surface area contributed by atoms with Crippen LogP contribution in [0.3, 0.4) is 0 Å². The Morgan fingerprint density at radius 3 is 2.65 bits per heavy atom. The first-order valence-corrected chi connectivity index (χ1v) is 8.55. The van der Waals surface area contributed by atoms with Crippen LogP contribution in [-0.4, -0.2) is 11.0 Å². The molecule has 17 heavy (non-hydrogen) atoms. The van der Waals surface area contributed by atoms with Crippen LogP contribution in [0.4, 0.5) is 0 Å². The highest BCUT2D eigenvalue weighted by atomic mass is 127. The molecule has 1 aliphatic carbocycles. The minimum absolute atomic E-state index is 0.228. The average Bonchev–Trinajstić information content (AvgIpc) is 2.85. The van der Waals surface area contributed by atoms with Gasteiger partial charge in [-0.05, 0) is 30.4 Å². The number of halogens is 2. The van der Waals surface area contributed by atoms with Crippen LogP contribution in [0.1, 0.15) is 37.4 Å². The molecule has 0 bridgehead atoms. The lowest BCUT2D eigenvalue weighted by Gasteiger charge is -2.19. The predicted molar refractivity (Wildman–Crippen MR) is 83.7 cm³/mol. The third kappa shape index (κ3) is 3.93. The topological polar surface area (TPSA) is 9.23 Å². The molecule has 1 aliphatic rings. The molecule has 0 radical (unpaired) electrons. The molecule has 1 fully saturated rings. The van der Waals surface area contributed by atoms with Crippen LogP contribution in [-0.2, 0) is 4.74 Å². The van der Waals surface area contributed by atoms with Crippen molar-refractivity contribution < 1.29 is 4.74 Å². The molecule has 94 valence electrons. The van der Waals surface area contributed by atoms with Gasteiger partial charge in [-0.25, -0.2) is 0 Å². The zero-order chi connectivity index (χ0) is 12.1. The zero-order valence-electron chi connectivity index (χ0n) is 9.87. The molecule has 3 heteroatoms. The fourth-order valence-corrected chi connectivity index (χ4v) is 3.65. The van der Waals surface area contributed by atoms with Gasteiger partial charge in [0.1, 0.15) is 0 Å². The van der Waals surface area contributed by atoms with Crippen LogP contribution < -0.4 is 0 Å². The lowest BCUT2D eigenvalue weighted by molar-refractivity contribution is 0.0450. The maximum absolute atomic E-state index is 6.10. The third-order valence-corrected chi connectivity index (χ3v) is 4.92. The first-order chi connectivity index (χ1) is 8.31. The standard InChI is InChI=1S/C14H18BrIO/c15-13-8-4-3-7-12(13)14(9-16)17-10-11-5-1-2-6-11/h3-4,7-8,11,14H,1-2,5-6,9-10H2. The van der Waals surface area contributed by atoms with E-state index in [-0.39, 0.29) is 6.10 Å². The van der Waals surface area contributed by atoms with Crippen molar-refractivity contribution >= 4 is 38.5 Å². The largest absolute Gasteiger partial charge is 0.372 e. The summed E-state index contributed by atoms with van der Waals surface area (Å²) in [4.78, 5) is 0. The van der Waals surface area contributed by atoms with Crippen LogP contribution in [0.25, 0.3) is 0 Å². The van der Waals surface area contributed by atoms with E-state index in [0.29, 0.717) is 0 Å². The molecule has 0 heterocycles. The van der Waals surface area contributed by atoms with Crippen LogP contribution in [0.15, 0.2) is 28.7 Å². The number of benzene rings is 1. The van der Waals surface area contributed by atoms with Gasteiger partial charge in [0.05, 0.1) is 12.7 Å². The van der Waals surface area contributed by atoms with E-state index in [0.717, 1.165) is 21.4 Å². The second kappa shape index (κ2) is 7.10. The summed E-state index contributed by atoms with van der Waals surface area (Å²) in [7, 11) is 0. The van der Waals surface area contributed by atoms with E-state index in [1.807, 2.05) is 0 Å². The predicted octanol–water partition coefficient (Wildman–Crippen LogP) is 5.13. The van der Waals surface area contributed by atoms with Gasteiger partial charge in [-0.1, -0.05) is 69.6 Å². The minimum atomic E-state index is 0.228. The number of ether oxygens (including phenoxy) is 1. The van der Waals surface area contributed by atoms with Crippen molar-refractivity contribution in [1.82, 2.24) is 0 Å². The van der Waals surface area contributed by atoms with Crippen LogP contribution in [0, 0.1) is 5.92 Å². The van der Waals surface area contributed by atoms with E-state index in [9.17, 15) is 0 Å². The van der Waals surface area contributed by atoms with Gasteiger partial charge in [-0.2, -0.15) is 0 Å². The number of rotatable bonds is 5. The van der Waals surface area contributed by atoms with Crippen molar-refractivity contribution in [3.8, 4) is 0 Å². The number of alkyl halides is 1. The first kappa shape index (κ1) is 13.8. The maximum atomic E-state index is 6.10. The molecule has 1 nitrogen and oxygen atoms in total. The summed E-state index contributed by atoms with van der Waals surface area (Å²) in [5.74, 6) is 0.794. The lowest BCUT2D eigenvalue weighted by Crippen LogP contribution is -2.12. The van der Waals surface area contributed by atoms with Gasteiger partial charge in [0.2, 0.25) is 0 Å². The smallest absolute Gasteiger partial charge is 0.0925 e. The van der Waals surface area contributed by atoms with Gasteiger partial charge >= 0.3 is 0 Å². The van der Waals surface area contributed by atoms with Gasteiger partial charge in [-0.3, -0.25) is 0 Å². The van der Waals surface area contributed by atoms with Crippen molar-refractivity contribution in [3.05, 3.63) is 34.3 Å². The Kier molecular flexibility index (Phi) is 5.77. The van der Waals surface area contributed by atoms with Crippen LogP contribution in [0.5, 0.6) is 0 Å². The summed E-state index contributed by atoms with van der Waals surface area (Å²) in [6.45, 7) is 0.926. The quantitative estimate of drug-likeness (QED) is 0.484. The summed E-state index contributed by atoms with van der Waals surface area (Å²) in [6.07, 6.45) is 5.70. The lowest BCUT2D eigenvalue weighted by atomic mass is 10.1. The van der Waals surface area contributed by atoms with Crippen LogP contribution in [0.2, 0.25) is 0 Å². The number of hydrogen-bond donors (Lipinski definition) is 0. The van der Waals surface area contributed by atoms with E-state index >= 15 is 0 Å². The molecule has 0 aliphatic heterocycles. The molecule has 1 aromatic rings. The SMILES string of the molecule is Brc1ccccc1C(CI)OCC1CCCC1. The molecule has 0 N–H and O–H groups in total. The minimum Gasteiger partial charge on any atom is -0.372 e. The van der Waals surface area contributed by atoms with Crippen molar-refractivity contribution in [2.75, 3.05) is 11.0 Å². The Hall–Kier alpha value is 0.390. The van der Waals surface area contributed by atoms with E-state index in [1.54, 1.807) is 0 Å². The summed E-state index contributed by atoms with van der Waals surface area (Å²) in [6, 6.07) is 8.38. The second-order valence-corrected chi connectivity index (χ2v) is 6.38. The monoisotopic (exact) mass is 408 g/mol. The third-order valence-electron chi connectivity index (χ3n) is 3.40. The Balaban J connectivity index is 1.94. The molecule has 1 atom stereocenters. The molecule has 0 amide bonds. The van der Waals surface area contributed by atoms with Gasteiger partial charge in [0, 0.05) is 8.90 Å². The highest BCUT2D eigenvalue weighted by Gasteiger charge is 2.19. The Labute approximate surface area is 126 Å². The van der Waals surface area contributed by atoms with E-state index in [4.69, 9.17) is 4.74 Å². The Bertz CT molecular complexity index is 350. The molecule has 1 unspecified atom stereocenters. The molecule has 2 rings (SSSR count). The fraction of sp³-hybridized carbons (Fsp3) is 0.571. The second-order valence-electron chi connectivity index (χ2n) is 4.65. The highest BCUT2D eigenvalue weighted by Crippen LogP contribution is 2.30. The molecule has 1 saturated carbocycles. The van der Waals surface area contributed by atoms with Gasteiger partial charge < -0.3 is 4.74 Å². The van der Waals surface area contributed by atoms with Crippen molar-refractivity contribution in [2.45, 2.75) is 31.8 Å². The van der Waals surface area contributed by atoms with E-state index in [1.165, 1.54) is 31.2 Å². The van der Waals surface area contributed by atoms with Gasteiger partial charge in [0.25, 0.3) is 0 Å². The summed E-state index contributed by atoms with van der Waals surface area (Å²) in [5.41, 5.74) is 1.28. The van der Waals surface area contributed by atoms with Crippen LogP contribution >= 0.6 is 38.5 Å². The highest BCUT2D eigenvalue weighted by molar-refractivity contribution is 14.1. The van der Waals surface area contributed by atoms with Crippen molar-refractivity contribution in [2.24, 2.45) is 5.92 Å². The maximum Gasteiger partial charge on any atom is 0.0925 e. The molecule has 0 spiro atoms. The fourth-order valence-electron chi connectivity index (χ4n) is 2.38. The summed E-state index contributed by atoms with van der Waals surface area (Å²) in [5, 5.41) is 0. The van der Waals surface area contributed by atoms with Gasteiger partial charge in [0.15, 0.2) is 0 Å². The Morgan fingerprint density at radius 1 is 1.29 bits per heavy atom. The normalized spacial score (nSPS) is 18.5. The Morgan fingerprint density at radius 2 is 2.00 bits per heavy atom. The van der Waals surface area contributed by atoms with E-state index in [2.05, 4.69) is 62.8 Å². The molecular formula is C14H18BrIO. The van der Waals surface area contributed by atoms with Crippen molar-refractivity contribution in [1.29, 1.82) is 0 Å². The molecule has 0 saturated heterocycles. The van der Waals surface area contributed by atoms with Crippen molar-refractivity contribution in [3.63, 3.8) is 0 Å².